The Bertz CT molecular complexity index is 271. The van der Waals surface area contributed by atoms with Crippen LogP contribution in [0, 0.1) is 5.21 Å². The quantitative estimate of drug-likeness (QED) is 0.408. The zero-order valence-corrected chi connectivity index (χ0v) is 8.22. The van der Waals surface area contributed by atoms with Crippen molar-refractivity contribution in [2.45, 2.75) is 38.3 Å². The Hall–Kier alpha value is -1.16. The molecule has 1 aliphatic rings. The SMILES string of the molecule is CC(=O)/C=C/C(O)CC1CCC=[N+]1[O-]. The molecule has 1 aliphatic heterocycles. The average molecular weight is 197 g/mol. The van der Waals surface area contributed by atoms with Crippen molar-refractivity contribution in [1.29, 1.82) is 0 Å². The van der Waals surface area contributed by atoms with Crippen LogP contribution in [0.5, 0.6) is 0 Å². The van der Waals surface area contributed by atoms with Gasteiger partial charge >= 0.3 is 0 Å². The van der Waals surface area contributed by atoms with E-state index in [4.69, 9.17) is 0 Å². The minimum absolute atomic E-state index is 0.0963. The number of carbonyl (C=O) groups is 1. The van der Waals surface area contributed by atoms with Crippen LogP contribution in [-0.2, 0) is 4.79 Å². The predicted octanol–water partition coefficient (Wildman–Crippen LogP) is 0.626. The van der Waals surface area contributed by atoms with Crippen molar-refractivity contribution in [2.24, 2.45) is 0 Å². The van der Waals surface area contributed by atoms with E-state index in [2.05, 4.69) is 0 Å². The summed E-state index contributed by atoms with van der Waals surface area (Å²) in [7, 11) is 0. The van der Waals surface area contributed by atoms with Crippen LogP contribution in [0.2, 0.25) is 0 Å². The van der Waals surface area contributed by atoms with Gasteiger partial charge in [-0.1, -0.05) is 6.08 Å². The lowest BCUT2D eigenvalue weighted by Gasteiger charge is -2.12. The molecule has 0 aromatic carbocycles. The maximum Gasteiger partial charge on any atom is 0.166 e. The second-order valence-electron chi connectivity index (χ2n) is 3.55. The molecule has 0 bridgehead atoms. The fourth-order valence-electron chi connectivity index (χ4n) is 1.50. The van der Waals surface area contributed by atoms with E-state index in [9.17, 15) is 15.1 Å². The topological polar surface area (TPSA) is 63.4 Å². The molecule has 78 valence electrons. The number of rotatable bonds is 4. The van der Waals surface area contributed by atoms with Gasteiger partial charge in [-0.25, -0.2) is 4.74 Å². The van der Waals surface area contributed by atoms with E-state index in [1.807, 2.05) is 0 Å². The van der Waals surface area contributed by atoms with Crippen LogP contribution in [0.1, 0.15) is 26.2 Å². The zero-order valence-electron chi connectivity index (χ0n) is 8.22. The number of aliphatic hydroxyl groups excluding tert-OH is 1. The third-order valence-corrected chi connectivity index (χ3v) is 2.24. The number of hydroxylamine groups is 1. The molecule has 1 N–H and O–H groups in total. The van der Waals surface area contributed by atoms with Crippen LogP contribution in [0.4, 0.5) is 0 Å². The molecular formula is C10H15NO3. The van der Waals surface area contributed by atoms with Crippen molar-refractivity contribution in [2.75, 3.05) is 0 Å². The Balaban J connectivity index is 2.37. The second-order valence-corrected chi connectivity index (χ2v) is 3.55. The van der Waals surface area contributed by atoms with Gasteiger partial charge in [0.25, 0.3) is 0 Å². The summed E-state index contributed by atoms with van der Waals surface area (Å²) in [5.74, 6) is -0.0963. The fourth-order valence-corrected chi connectivity index (χ4v) is 1.50. The molecule has 2 atom stereocenters. The first-order valence-electron chi connectivity index (χ1n) is 4.75. The molecule has 14 heavy (non-hydrogen) atoms. The van der Waals surface area contributed by atoms with Crippen molar-refractivity contribution >= 4 is 12.0 Å². The summed E-state index contributed by atoms with van der Waals surface area (Å²) >= 11 is 0. The van der Waals surface area contributed by atoms with Gasteiger partial charge in [0, 0.05) is 19.3 Å². The number of hydrogen-bond acceptors (Lipinski definition) is 3. The highest BCUT2D eigenvalue weighted by atomic mass is 16.5. The van der Waals surface area contributed by atoms with E-state index in [1.54, 1.807) is 6.21 Å². The van der Waals surface area contributed by atoms with Gasteiger partial charge in [-0.05, 0) is 13.0 Å². The normalized spacial score (nSPS) is 23.9. The van der Waals surface area contributed by atoms with Crippen molar-refractivity contribution in [3.8, 4) is 0 Å². The summed E-state index contributed by atoms with van der Waals surface area (Å²) in [4.78, 5) is 10.6. The number of carbonyl (C=O) groups excluding carboxylic acids is 1. The molecular weight excluding hydrogens is 182 g/mol. The van der Waals surface area contributed by atoms with Crippen molar-refractivity contribution < 1.29 is 14.6 Å². The largest absolute Gasteiger partial charge is 0.624 e. The van der Waals surface area contributed by atoms with Crippen LogP contribution < -0.4 is 0 Å². The molecule has 4 nitrogen and oxygen atoms in total. The molecule has 0 radical (unpaired) electrons. The standard InChI is InChI=1S/C10H15NO3/c1-8(12)4-5-10(13)7-9-3-2-6-11(9)14/h4-6,9-10,13H,2-3,7H2,1H3/b5-4+. The molecule has 0 fully saturated rings. The van der Waals surface area contributed by atoms with Crippen LogP contribution in [0.25, 0.3) is 0 Å². The van der Waals surface area contributed by atoms with E-state index in [-0.39, 0.29) is 11.8 Å². The van der Waals surface area contributed by atoms with Gasteiger partial charge in [-0.15, -0.1) is 0 Å². The molecule has 1 rings (SSSR count). The summed E-state index contributed by atoms with van der Waals surface area (Å²) in [5, 5.41) is 20.6. The number of nitrogens with zero attached hydrogens (tertiary/aromatic N) is 1. The molecule has 1 heterocycles. The Labute approximate surface area is 83.1 Å². The Morgan fingerprint density at radius 2 is 2.57 bits per heavy atom. The highest BCUT2D eigenvalue weighted by Gasteiger charge is 2.23. The summed E-state index contributed by atoms with van der Waals surface area (Å²) in [6.45, 7) is 1.42. The highest BCUT2D eigenvalue weighted by Crippen LogP contribution is 2.13. The molecule has 0 saturated heterocycles. The second kappa shape index (κ2) is 4.91. The third kappa shape index (κ3) is 3.30. The predicted molar refractivity (Wildman–Crippen MR) is 53.2 cm³/mol. The van der Waals surface area contributed by atoms with Gasteiger partial charge in [0.2, 0.25) is 0 Å². The monoisotopic (exact) mass is 197 g/mol. The van der Waals surface area contributed by atoms with Crippen LogP contribution >= 0.6 is 0 Å². The van der Waals surface area contributed by atoms with Crippen LogP contribution in [0.15, 0.2) is 12.2 Å². The van der Waals surface area contributed by atoms with Crippen molar-refractivity contribution in [3.63, 3.8) is 0 Å². The average Bonchev–Trinajstić information content (AvgIpc) is 2.49. The van der Waals surface area contributed by atoms with Crippen molar-refractivity contribution in [3.05, 3.63) is 17.4 Å². The Morgan fingerprint density at radius 1 is 1.86 bits per heavy atom. The lowest BCUT2D eigenvalue weighted by molar-refractivity contribution is -0.490. The van der Waals surface area contributed by atoms with Gasteiger partial charge in [0.05, 0.1) is 6.10 Å². The summed E-state index contributed by atoms with van der Waals surface area (Å²) in [5.41, 5.74) is 0. The summed E-state index contributed by atoms with van der Waals surface area (Å²) in [6, 6.07) is -0.137. The summed E-state index contributed by atoms with van der Waals surface area (Å²) < 4.78 is 0.894. The van der Waals surface area contributed by atoms with E-state index < -0.39 is 6.10 Å². The number of aliphatic hydroxyl groups is 1. The fraction of sp³-hybridized carbons (Fsp3) is 0.600. The first-order chi connectivity index (χ1) is 6.59. The van der Waals surface area contributed by atoms with Gasteiger partial charge in [0.1, 0.15) is 0 Å². The number of allylic oxidation sites excluding steroid dienone is 1. The molecule has 2 unspecified atom stereocenters. The lowest BCUT2D eigenvalue weighted by Crippen LogP contribution is -2.22. The number of ketones is 1. The third-order valence-electron chi connectivity index (χ3n) is 2.24. The molecule has 0 aromatic rings. The molecule has 0 aromatic heterocycles. The summed E-state index contributed by atoms with van der Waals surface area (Å²) in [6.07, 6.45) is 5.61. The number of hydrogen-bond donors (Lipinski definition) is 1. The Morgan fingerprint density at radius 3 is 3.07 bits per heavy atom. The van der Waals surface area contributed by atoms with Gasteiger partial charge in [0.15, 0.2) is 18.0 Å². The molecule has 0 aliphatic carbocycles. The van der Waals surface area contributed by atoms with Gasteiger partial charge < -0.3 is 10.3 Å². The Kier molecular flexibility index (Phi) is 3.83. The van der Waals surface area contributed by atoms with E-state index >= 15 is 0 Å². The highest BCUT2D eigenvalue weighted by molar-refractivity contribution is 5.87. The smallest absolute Gasteiger partial charge is 0.166 e. The zero-order chi connectivity index (χ0) is 10.6. The van der Waals surface area contributed by atoms with Gasteiger partial charge in [-0.3, -0.25) is 4.79 Å². The molecule has 0 spiro atoms. The van der Waals surface area contributed by atoms with E-state index in [0.29, 0.717) is 6.42 Å². The molecule has 4 heteroatoms. The van der Waals surface area contributed by atoms with Gasteiger partial charge in [-0.2, -0.15) is 0 Å². The van der Waals surface area contributed by atoms with E-state index in [1.165, 1.54) is 19.1 Å². The first kappa shape index (κ1) is 10.9. The maximum atomic E-state index is 11.1. The molecule has 0 saturated carbocycles. The maximum absolute atomic E-state index is 11.1. The minimum Gasteiger partial charge on any atom is -0.624 e. The molecule has 0 amide bonds. The lowest BCUT2D eigenvalue weighted by atomic mass is 10.1. The van der Waals surface area contributed by atoms with Crippen molar-refractivity contribution in [1.82, 2.24) is 0 Å². The minimum atomic E-state index is -0.702. The van der Waals surface area contributed by atoms with Crippen LogP contribution in [-0.4, -0.2) is 34.0 Å². The van der Waals surface area contributed by atoms with E-state index in [0.717, 1.165) is 17.6 Å². The first-order valence-corrected chi connectivity index (χ1v) is 4.75. The van der Waals surface area contributed by atoms with Crippen LogP contribution in [0.3, 0.4) is 0 Å².